The largest absolute Gasteiger partial charge is 0.412 e. The van der Waals surface area contributed by atoms with Gasteiger partial charge in [0.15, 0.2) is 6.04 Å². The molecule has 0 amide bonds. The van der Waals surface area contributed by atoms with Crippen LogP contribution in [0.4, 0.5) is 13.2 Å². The summed E-state index contributed by atoms with van der Waals surface area (Å²) in [4.78, 5) is 3.09. The van der Waals surface area contributed by atoms with Gasteiger partial charge in [-0.1, -0.05) is 0 Å². The molecule has 9 heavy (non-hydrogen) atoms. The van der Waals surface area contributed by atoms with Crippen molar-refractivity contribution in [3.63, 3.8) is 0 Å². The highest BCUT2D eigenvalue weighted by molar-refractivity contribution is 5.59. The number of aliphatic imine (C=N–C) groups is 1. The highest BCUT2D eigenvalue weighted by Crippen LogP contribution is 2.24. The number of nitrogens with one attached hydrogen (secondary N) is 1. The van der Waals surface area contributed by atoms with Crippen molar-refractivity contribution >= 4 is 6.34 Å². The van der Waals surface area contributed by atoms with Crippen molar-refractivity contribution in [1.29, 1.82) is 0 Å². The van der Waals surface area contributed by atoms with Crippen molar-refractivity contribution in [3.8, 4) is 0 Å². The zero-order chi connectivity index (χ0) is 6.91. The Morgan fingerprint density at radius 2 is 2.11 bits per heavy atom. The van der Waals surface area contributed by atoms with Gasteiger partial charge in [0.25, 0.3) is 0 Å². The molecule has 0 saturated carbocycles. The lowest BCUT2D eigenvalue weighted by molar-refractivity contribution is -0.138. The molecule has 51 valence electrons. The molecule has 5 heteroatoms. The molecule has 1 rings (SSSR count). The standard InChI is InChI=1S/C4H4F3N2/c5-4(6,7)3-1-8-2-9-3/h1-3H,(H,8,9). The second-order valence-electron chi connectivity index (χ2n) is 1.60. The molecule has 2 nitrogen and oxygen atoms in total. The van der Waals surface area contributed by atoms with Crippen LogP contribution in [-0.2, 0) is 0 Å². The Kier molecular flexibility index (Phi) is 1.34. The van der Waals surface area contributed by atoms with Gasteiger partial charge in [0.2, 0.25) is 0 Å². The third kappa shape index (κ3) is 1.34. The van der Waals surface area contributed by atoms with Crippen molar-refractivity contribution in [2.45, 2.75) is 12.2 Å². The Bertz CT molecular complexity index is 128. The molecule has 0 aromatic rings. The monoisotopic (exact) mass is 137 g/mol. The number of hydrogen-bond acceptors (Lipinski definition) is 2. The molecule has 0 spiro atoms. The number of nitrogens with zero attached hydrogens (tertiary/aromatic N) is 1. The lowest BCUT2D eigenvalue weighted by atomic mass is 10.3. The van der Waals surface area contributed by atoms with E-state index in [-0.39, 0.29) is 0 Å². The second-order valence-corrected chi connectivity index (χ2v) is 1.60. The first kappa shape index (κ1) is 6.38. The van der Waals surface area contributed by atoms with Crippen LogP contribution in [0, 0.1) is 6.54 Å². The molecule has 0 bridgehead atoms. The maximum absolute atomic E-state index is 11.6. The van der Waals surface area contributed by atoms with Gasteiger partial charge in [-0.25, -0.2) is 0 Å². The van der Waals surface area contributed by atoms with Crippen LogP contribution in [-0.4, -0.2) is 18.6 Å². The van der Waals surface area contributed by atoms with Gasteiger partial charge in [0.05, 0.1) is 12.9 Å². The highest BCUT2D eigenvalue weighted by atomic mass is 19.4. The lowest BCUT2D eigenvalue weighted by Gasteiger charge is -2.08. The topological polar surface area (TPSA) is 24.4 Å². The molecule has 1 aliphatic heterocycles. The fourth-order valence-corrected chi connectivity index (χ4v) is 0.480. The Balaban J connectivity index is 2.53. The zero-order valence-corrected chi connectivity index (χ0v) is 4.31. The van der Waals surface area contributed by atoms with E-state index < -0.39 is 12.2 Å². The van der Waals surface area contributed by atoms with E-state index >= 15 is 0 Å². The predicted octanol–water partition coefficient (Wildman–Crippen LogP) is 0.711. The van der Waals surface area contributed by atoms with E-state index in [4.69, 9.17) is 0 Å². The van der Waals surface area contributed by atoms with Crippen molar-refractivity contribution < 1.29 is 13.2 Å². The van der Waals surface area contributed by atoms with Crippen molar-refractivity contribution in [2.24, 2.45) is 4.99 Å². The molecule has 1 N–H and O–H groups in total. The Morgan fingerprint density at radius 3 is 2.33 bits per heavy atom. The number of halogens is 3. The molecule has 1 radical (unpaired) electrons. The normalized spacial score (nSPS) is 26.3. The van der Waals surface area contributed by atoms with E-state index in [9.17, 15) is 13.2 Å². The molecule has 0 saturated heterocycles. The van der Waals surface area contributed by atoms with E-state index in [1.165, 1.54) is 0 Å². The van der Waals surface area contributed by atoms with Crippen LogP contribution in [0.3, 0.4) is 0 Å². The first-order chi connectivity index (χ1) is 4.11. The van der Waals surface area contributed by atoms with Crippen LogP contribution in [0.2, 0.25) is 0 Å². The van der Waals surface area contributed by atoms with Crippen LogP contribution in [0.25, 0.3) is 0 Å². The summed E-state index contributed by atoms with van der Waals surface area (Å²) in [5.41, 5.74) is 0. The van der Waals surface area contributed by atoms with E-state index in [1.54, 1.807) is 0 Å². The first-order valence-corrected chi connectivity index (χ1v) is 2.28. The molecular weight excluding hydrogens is 133 g/mol. The van der Waals surface area contributed by atoms with Crippen LogP contribution in [0.5, 0.6) is 0 Å². The van der Waals surface area contributed by atoms with Crippen LogP contribution < -0.4 is 5.32 Å². The Labute approximate surface area is 49.8 Å². The van der Waals surface area contributed by atoms with Gasteiger partial charge in [-0.15, -0.1) is 0 Å². The minimum Gasteiger partial charge on any atom is -0.369 e. The predicted molar refractivity (Wildman–Crippen MR) is 25.8 cm³/mol. The molecule has 0 aliphatic carbocycles. The summed E-state index contributed by atoms with van der Waals surface area (Å²) in [5.74, 6) is 0. The Hall–Kier alpha value is -0.740. The molecule has 0 aromatic carbocycles. The smallest absolute Gasteiger partial charge is 0.369 e. The Morgan fingerprint density at radius 1 is 1.44 bits per heavy atom. The number of rotatable bonds is 0. The average molecular weight is 137 g/mol. The van der Waals surface area contributed by atoms with Crippen molar-refractivity contribution in [2.75, 3.05) is 0 Å². The molecular formula is C4H4F3N2. The summed E-state index contributed by atoms with van der Waals surface area (Å²) in [6, 6.07) is -1.66. The van der Waals surface area contributed by atoms with E-state index in [0.29, 0.717) is 0 Å². The van der Waals surface area contributed by atoms with Gasteiger partial charge in [0.1, 0.15) is 0 Å². The summed E-state index contributed by atoms with van der Waals surface area (Å²) in [6.45, 7) is 0.889. The summed E-state index contributed by atoms with van der Waals surface area (Å²) < 4.78 is 34.7. The van der Waals surface area contributed by atoms with Crippen LogP contribution >= 0.6 is 0 Å². The average Bonchev–Trinajstić information content (AvgIpc) is 2.08. The third-order valence-electron chi connectivity index (χ3n) is 0.899. The summed E-state index contributed by atoms with van der Waals surface area (Å²) in [6.07, 6.45) is -3.21. The van der Waals surface area contributed by atoms with Crippen LogP contribution in [0.15, 0.2) is 4.99 Å². The minimum absolute atomic E-state index is 0.889. The fraction of sp³-hybridized carbons (Fsp3) is 0.500. The number of alkyl halides is 3. The number of hydrogen-bond donors (Lipinski definition) is 1. The molecule has 1 unspecified atom stereocenters. The second kappa shape index (κ2) is 1.89. The summed E-state index contributed by atoms with van der Waals surface area (Å²) in [7, 11) is 0. The lowest BCUT2D eigenvalue weighted by Crippen LogP contribution is -2.27. The molecule has 1 atom stereocenters. The highest BCUT2D eigenvalue weighted by Gasteiger charge is 2.40. The molecule has 1 heterocycles. The van der Waals surface area contributed by atoms with Crippen molar-refractivity contribution in [3.05, 3.63) is 6.54 Å². The van der Waals surface area contributed by atoms with Gasteiger partial charge in [-0.2, -0.15) is 13.2 Å². The van der Waals surface area contributed by atoms with Gasteiger partial charge >= 0.3 is 6.18 Å². The maximum atomic E-state index is 11.6. The van der Waals surface area contributed by atoms with Gasteiger partial charge in [-0.05, 0) is 0 Å². The van der Waals surface area contributed by atoms with Crippen molar-refractivity contribution in [1.82, 2.24) is 5.32 Å². The summed E-state index contributed by atoms with van der Waals surface area (Å²) in [5, 5.41) is 2.24. The summed E-state index contributed by atoms with van der Waals surface area (Å²) >= 11 is 0. The first-order valence-electron chi connectivity index (χ1n) is 2.28. The van der Waals surface area contributed by atoms with Crippen LogP contribution in [0.1, 0.15) is 0 Å². The molecule has 0 aromatic heterocycles. The minimum atomic E-state index is -4.24. The van der Waals surface area contributed by atoms with E-state index in [1.807, 2.05) is 0 Å². The quantitative estimate of drug-likeness (QED) is 0.522. The van der Waals surface area contributed by atoms with E-state index in [0.717, 1.165) is 12.9 Å². The van der Waals surface area contributed by atoms with E-state index in [2.05, 4.69) is 10.3 Å². The SMILES string of the molecule is FC(F)(F)C1[CH]NC=N1. The van der Waals surface area contributed by atoms with Gasteiger partial charge in [-0.3, -0.25) is 4.99 Å². The molecule has 1 aliphatic rings. The zero-order valence-electron chi connectivity index (χ0n) is 4.31. The van der Waals surface area contributed by atoms with Gasteiger partial charge < -0.3 is 5.32 Å². The van der Waals surface area contributed by atoms with Gasteiger partial charge in [0, 0.05) is 0 Å². The third-order valence-corrected chi connectivity index (χ3v) is 0.899. The maximum Gasteiger partial charge on any atom is 0.412 e. The fourth-order valence-electron chi connectivity index (χ4n) is 0.480. The molecule has 0 fully saturated rings.